The molecular weight excluding hydrogens is 278 g/mol. The molecule has 1 aromatic carbocycles. The normalized spacial score (nSPS) is 13.6. The molecule has 22 heavy (non-hydrogen) atoms. The fraction of sp³-hybridized carbons (Fsp3) is 0.471. The van der Waals surface area contributed by atoms with Crippen LogP contribution in [-0.4, -0.2) is 29.5 Å². The minimum Gasteiger partial charge on any atom is -0.493 e. The lowest BCUT2D eigenvalue weighted by molar-refractivity contribution is 0.307. The van der Waals surface area contributed by atoms with Gasteiger partial charge in [0.15, 0.2) is 11.5 Å². The first kappa shape index (κ1) is 16.4. The highest BCUT2D eigenvalue weighted by Gasteiger charge is 2.15. The number of benzene rings is 1. The zero-order valence-electron chi connectivity index (χ0n) is 13.7. The third-order valence-corrected chi connectivity index (χ3v) is 3.84. The van der Waals surface area contributed by atoms with Gasteiger partial charge in [0.05, 0.1) is 19.8 Å². The summed E-state index contributed by atoms with van der Waals surface area (Å²) in [7, 11) is 1.68. The smallest absolute Gasteiger partial charge is 0.165 e. The topological polar surface area (TPSA) is 48.3 Å². The Morgan fingerprint density at radius 3 is 2.73 bits per heavy atom. The van der Waals surface area contributed by atoms with Crippen molar-refractivity contribution in [3.05, 3.63) is 42.2 Å². The Balaban J connectivity index is 2.03. The van der Waals surface area contributed by atoms with E-state index in [-0.39, 0.29) is 12.1 Å². The molecule has 1 heterocycles. The molecule has 0 spiro atoms. The summed E-state index contributed by atoms with van der Waals surface area (Å²) in [5.41, 5.74) is 1.09. The van der Waals surface area contributed by atoms with Crippen LogP contribution < -0.4 is 14.8 Å². The maximum atomic E-state index is 5.61. The summed E-state index contributed by atoms with van der Waals surface area (Å²) in [6, 6.07) is 8.47. The van der Waals surface area contributed by atoms with Gasteiger partial charge in [0.1, 0.15) is 0 Å². The van der Waals surface area contributed by atoms with Crippen LogP contribution in [0.25, 0.3) is 0 Å². The highest BCUT2D eigenvalue weighted by Crippen LogP contribution is 2.31. The Bertz CT molecular complexity index is 569. The molecule has 0 radical (unpaired) electrons. The highest BCUT2D eigenvalue weighted by molar-refractivity contribution is 5.46. The van der Waals surface area contributed by atoms with E-state index < -0.39 is 0 Å². The third kappa shape index (κ3) is 3.80. The summed E-state index contributed by atoms with van der Waals surface area (Å²) >= 11 is 0. The molecule has 0 fully saturated rings. The molecule has 0 aliphatic rings. The number of ether oxygens (including phenoxy) is 2. The summed E-state index contributed by atoms with van der Waals surface area (Å²) in [5.74, 6) is 1.59. The van der Waals surface area contributed by atoms with Gasteiger partial charge < -0.3 is 14.8 Å². The fourth-order valence-electron chi connectivity index (χ4n) is 2.39. The monoisotopic (exact) mass is 303 g/mol. The number of rotatable bonds is 8. The molecule has 2 aromatic rings. The molecule has 1 N–H and O–H groups in total. The van der Waals surface area contributed by atoms with Crippen molar-refractivity contribution in [1.29, 1.82) is 0 Å². The molecule has 1 aromatic heterocycles. The number of nitrogens with zero attached hydrogens (tertiary/aromatic N) is 2. The first-order valence-electron chi connectivity index (χ1n) is 7.68. The van der Waals surface area contributed by atoms with Crippen molar-refractivity contribution in [2.24, 2.45) is 0 Å². The van der Waals surface area contributed by atoms with Crippen LogP contribution in [0.3, 0.4) is 0 Å². The lowest BCUT2D eigenvalue weighted by atomic mass is 10.1. The maximum Gasteiger partial charge on any atom is 0.165 e. The van der Waals surface area contributed by atoms with E-state index in [4.69, 9.17) is 9.47 Å². The van der Waals surface area contributed by atoms with Gasteiger partial charge in [-0.3, -0.25) is 4.68 Å². The fourth-order valence-corrected chi connectivity index (χ4v) is 2.39. The third-order valence-electron chi connectivity index (χ3n) is 3.84. The number of para-hydroxylation sites is 1. The van der Waals surface area contributed by atoms with Crippen LogP contribution in [0.15, 0.2) is 36.7 Å². The quantitative estimate of drug-likeness (QED) is 0.814. The van der Waals surface area contributed by atoms with E-state index in [1.54, 1.807) is 13.3 Å². The van der Waals surface area contributed by atoms with E-state index in [0.29, 0.717) is 6.61 Å². The van der Waals surface area contributed by atoms with E-state index in [9.17, 15) is 0 Å². The molecule has 120 valence electrons. The zero-order valence-corrected chi connectivity index (χ0v) is 13.7. The van der Waals surface area contributed by atoms with E-state index in [1.807, 2.05) is 36.0 Å². The average Bonchev–Trinajstić information content (AvgIpc) is 3.06. The number of hydrogen-bond acceptors (Lipinski definition) is 4. The second-order valence-corrected chi connectivity index (χ2v) is 5.28. The molecule has 2 unspecified atom stereocenters. The Labute approximate surface area is 132 Å². The van der Waals surface area contributed by atoms with Crippen molar-refractivity contribution < 1.29 is 9.47 Å². The van der Waals surface area contributed by atoms with Crippen LogP contribution in [0.4, 0.5) is 0 Å². The number of hydrogen-bond donors (Lipinski definition) is 1. The van der Waals surface area contributed by atoms with Gasteiger partial charge >= 0.3 is 0 Å². The second-order valence-electron chi connectivity index (χ2n) is 5.28. The Morgan fingerprint density at radius 1 is 1.27 bits per heavy atom. The maximum absolute atomic E-state index is 5.61. The Hall–Kier alpha value is -2.01. The van der Waals surface area contributed by atoms with Gasteiger partial charge in [0.2, 0.25) is 0 Å². The summed E-state index contributed by atoms with van der Waals surface area (Å²) in [6.07, 6.45) is 3.79. The highest BCUT2D eigenvalue weighted by atomic mass is 16.5. The molecule has 0 aliphatic heterocycles. The van der Waals surface area contributed by atoms with Gasteiger partial charge in [-0.2, -0.15) is 5.10 Å². The lowest BCUT2D eigenvalue weighted by Crippen LogP contribution is -2.33. The molecule has 0 aliphatic carbocycles. The van der Waals surface area contributed by atoms with Crippen LogP contribution in [0.5, 0.6) is 11.5 Å². The first-order chi connectivity index (χ1) is 10.7. The van der Waals surface area contributed by atoms with Gasteiger partial charge in [-0.05, 0) is 32.9 Å². The number of nitrogens with one attached hydrogen (secondary N) is 1. The van der Waals surface area contributed by atoms with Crippen molar-refractivity contribution in [2.75, 3.05) is 13.7 Å². The molecule has 5 heteroatoms. The van der Waals surface area contributed by atoms with Crippen molar-refractivity contribution in [3.63, 3.8) is 0 Å². The Morgan fingerprint density at radius 2 is 2.09 bits per heavy atom. The van der Waals surface area contributed by atoms with Gasteiger partial charge in [-0.15, -0.1) is 0 Å². The van der Waals surface area contributed by atoms with E-state index in [1.165, 1.54) is 0 Å². The van der Waals surface area contributed by atoms with E-state index in [2.05, 4.69) is 30.3 Å². The van der Waals surface area contributed by atoms with Gasteiger partial charge in [-0.1, -0.05) is 12.1 Å². The van der Waals surface area contributed by atoms with E-state index >= 15 is 0 Å². The predicted octanol–water partition coefficient (Wildman–Crippen LogP) is 3.03. The van der Waals surface area contributed by atoms with Crippen LogP contribution in [-0.2, 0) is 6.54 Å². The van der Waals surface area contributed by atoms with Crippen molar-refractivity contribution >= 4 is 0 Å². The molecule has 2 rings (SSSR count). The molecule has 0 saturated heterocycles. The van der Waals surface area contributed by atoms with E-state index in [0.717, 1.165) is 23.6 Å². The van der Waals surface area contributed by atoms with Crippen LogP contribution in [0.1, 0.15) is 32.4 Å². The summed E-state index contributed by atoms with van der Waals surface area (Å²) in [6.45, 7) is 7.62. The lowest BCUT2D eigenvalue weighted by Gasteiger charge is -2.22. The first-order valence-corrected chi connectivity index (χ1v) is 7.68. The zero-order chi connectivity index (χ0) is 15.9. The summed E-state index contributed by atoms with van der Waals surface area (Å²) < 4.78 is 13.1. The largest absolute Gasteiger partial charge is 0.493 e. The summed E-state index contributed by atoms with van der Waals surface area (Å²) in [5, 5.41) is 7.83. The SMILES string of the molecule is CCOc1cccc(CNC(C)C(C)n2cccn2)c1OC. The molecule has 0 saturated carbocycles. The minimum atomic E-state index is 0.274. The molecule has 0 bridgehead atoms. The minimum absolute atomic E-state index is 0.274. The standard InChI is InChI=1S/C17H25N3O2/c1-5-22-16-9-6-8-15(17(16)21-4)12-18-13(2)14(3)20-11-7-10-19-20/h6-11,13-14,18H,5,12H2,1-4H3. The number of aromatic nitrogens is 2. The van der Waals surface area contributed by atoms with Gasteiger partial charge in [-0.25, -0.2) is 0 Å². The Kier molecular flexibility index (Phi) is 5.83. The second kappa shape index (κ2) is 7.84. The summed E-state index contributed by atoms with van der Waals surface area (Å²) in [4.78, 5) is 0. The van der Waals surface area contributed by atoms with Crippen molar-refractivity contribution in [3.8, 4) is 11.5 Å². The van der Waals surface area contributed by atoms with Crippen LogP contribution in [0, 0.1) is 0 Å². The molecular formula is C17H25N3O2. The molecule has 0 amide bonds. The number of methoxy groups -OCH3 is 1. The van der Waals surface area contributed by atoms with Gasteiger partial charge in [0, 0.05) is 30.5 Å². The van der Waals surface area contributed by atoms with Crippen molar-refractivity contribution in [1.82, 2.24) is 15.1 Å². The molecule has 2 atom stereocenters. The van der Waals surface area contributed by atoms with Gasteiger partial charge in [0.25, 0.3) is 0 Å². The molecule has 5 nitrogen and oxygen atoms in total. The predicted molar refractivity (Wildman–Crippen MR) is 87.4 cm³/mol. The average molecular weight is 303 g/mol. The van der Waals surface area contributed by atoms with Crippen LogP contribution >= 0.6 is 0 Å². The van der Waals surface area contributed by atoms with Crippen molar-refractivity contribution in [2.45, 2.75) is 39.4 Å². The van der Waals surface area contributed by atoms with Crippen LogP contribution in [0.2, 0.25) is 0 Å².